The summed E-state index contributed by atoms with van der Waals surface area (Å²) in [5.74, 6) is -1.21. The second kappa shape index (κ2) is 9.34. The largest absolute Gasteiger partial charge is 0.497 e. The van der Waals surface area contributed by atoms with Crippen LogP contribution in [0.1, 0.15) is 18.2 Å². The lowest BCUT2D eigenvalue weighted by atomic mass is 10.2. The first-order chi connectivity index (χ1) is 13.3. The molecule has 2 N–H and O–H groups in total. The van der Waals surface area contributed by atoms with Crippen LogP contribution < -0.4 is 5.32 Å². The Morgan fingerprint density at radius 2 is 1.54 bits per heavy atom. The van der Waals surface area contributed by atoms with Crippen molar-refractivity contribution in [1.29, 1.82) is 0 Å². The fourth-order valence-electron chi connectivity index (χ4n) is 2.38. The first kappa shape index (κ1) is 20.7. The Bertz CT molecular complexity index is 833. The van der Waals surface area contributed by atoms with Crippen LogP contribution in [0.2, 0.25) is 0 Å². The summed E-state index contributed by atoms with van der Waals surface area (Å²) in [7, 11) is 0. The maximum absolute atomic E-state index is 10.4. The van der Waals surface area contributed by atoms with Gasteiger partial charge in [-0.2, -0.15) is 0 Å². The molecule has 28 heavy (non-hydrogen) atoms. The van der Waals surface area contributed by atoms with E-state index in [0.29, 0.717) is 12.1 Å². The zero-order chi connectivity index (χ0) is 20.7. The second-order valence-corrected chi connectivity index (χ2v) is 5.57. The lowest BCUT2D eigenvalue weighted by Crippen LogP contribution is -2.30. The van der Waals surface area contributed by atoms with Gasteiger partial charge in [-0.05, 0) is 12.0 Å². The van der Waals surface area contributed by atoms with Gasteiger partial charge < -0.3 is 9.84 Å². The van der Waals surface area contributed by atoms with Crippen LogP contribution in [0.5, 0.6) is 5.75 Å². The number of phenols is 1. The molecule has 12 nitrogen and oxygen atoms in total. The highest BCUT2D eigenvalue weighted by Gasteiger charge is 2.30. The lowest BCUT2D eigenvalue weighted by Gasteiger charge is -2.24. The van der Waals surface area contributed by atoms with E-state index in [1.54, 1.807) is 0 Å². The molecule has 2 aromatic carbocycles. The molecule has 2 aromatic rings. The van der Waals surface area contributed by atoms with E-state index in [1.165, 1.54) is 5.56 Å². The van der Waals surface area contributed by atoms with Gasteiger partial charge in [-0.15, -0.1) is 0 Å². The van der Waals surface area contributed by atoms with Gasteiger partial charge in [0.25, 0.3) is 11.4 Å². The quantitative estimate of drug-likeness (QED) is 0.586. The first-order valence-electron chi connectivity index (χ1n) is 8.01. The van der Waals surface area contributed by atoms with Crippen molar-refractivity contribution in [1.82, 2.24) is 5.32 Å². The minimum atomic E-state index is -1.21. The summed E-state index contributed by atoms with van der Waals surface area (Å²) >= 11 is 0. The van der Waals surface area contributed by atoms with Gasteiger partial charge in [-0.3, -0.25) is 35.7 Å². The number of non-ortho nitro benzene ring substituents is 1. The summed E-state index contributed by atoms with van der Waals surface area (Å²) in [6.07, 6.45) is 1.23. The number of nitro groups is 3. The third-order valence-corrected chi connectivity index (χ3v) is 3.70. The minimum Gasteiger partial charge on any atom is -0.497 e. The molecule has 1 saturated heterocycles. The SMILES string of the molecule is O=[N+]([O-])c1cc([N+](=O)[O-])c(O)c([N+](=O)[O-])c1.c1ccc(C2NCCCO2)cc1. The summed E-state index contributed by atoms with van der Waals surface area (Å²) in [5, 5.41) is 43.5. The van der Waals surface area contributed by atoms with Gasteiger partial charge in [0.1, 0.15) is 6.23 Å². The highest BCUT2D eigenvalue weighted by atomic mass is 16.6. The Labute approximate surface area is 157 Å². The number of aromatic hydroxyl groups is 1. The van der Waals surface area contributed by atoms with Crippen molar-refractivity contribution in [3.63, 3.8) is 0 Å². The average molecular weight is 392 g/mol. The van der Waals surface area contributed by atoms with Crippen LogP contribution in [0.3, 0.4) is 0 Å². The second-order valence-electron chi connectivity index (χ2n) is 5.57. The highest BCUT2D eigenvalue weighted by Crippen LogP contribution is 2.38. The van der Waals surface area contributed by atoms with E-state index < -0.39 is 37.6 Å². The number of ether oxygens (including phenoxy) is 1. The molecule has 0 amide bonds. The van der Waals surface area contributed by atoms with Gasteiger partial charge in [0, 0.05) is 6.54 Å². The van der Waals surface area contributed by atoms with Gasteiger partial charge in [-0.25, -0.2) is 0 Å². The summed E-state index contributed by atoms with van der Waals surface area (Å²) in [6.45, 7) is 1.92. The Morgan fingerprint density at radius 3 is 1.96 bits per heavy atom. The van der Waals surface area contributed by atoms with Crippen molar-refractivity contribution in [2.45, 2.75) is 12.6 Å². The number of rotatable bonds is 4. The molecule has 0 saturated carbocycles. The normalized spacial score (nSPS) is 15.8. The first-order valence-corrected chi connectivity index (χ1v) is 8.01. The van der Waals surface area contributed by atoms with E-state index in [4.69, 9.17) is 9.84 Å². The Hall–Kier alpha value is -3.64. The lowest BCUT2D eigenvalue weighted by molar-refractivity contribution is -0.404. The highest BCUT2D eigenvalue weighted by molar-refractivity contribution is 5.64. The number of hydrogen-bond donors (Lipinski definition) is 2. The molecule has 0 spiro atoms. The average Bonchev–Trinajstić information content (AvgIpc) is 2.69. The van der Waals surface area contributed by atoms with Crippen LogP contribution in [0.4, 0.5) is 17.1 Å². The van der Waals surface area contributed by atoms with Crippen LogP contribution in [0.25, 0.3) is 0 Å². The molecule has 12 heteroatoms. The zero-order valence-electron chi connectivity index (χ0n) is 14.4. The molecule has 0 bridgehead atoms. The summed E-state index contributed by atoms with van der Waals surface area (Å²) in [5.41, 5.74) is -1.78. The predicted molar refractivity (Wildman–Crippen MR) is 95.8 cm³/mol. The Balaban J connectivity index is 0.000000207. The van der Waals surface area contributed by atoms with E-state index in [-0.39, 0.29) is 6.23 Å². The molecule has 0 aromatic heterocycles. The van der Waals surface area contributed by atoms with Crippen LogP contribution in [0.15, 0.2) is 42.5 Å². The fourth-order valence-corrected chi connectivity index (χ4v) is 2.38. The van der Waals surface area contributed by atoms with Crippen molar-refractivity contribution in [3.8, 4) is 5.75 Å². The summed E-state index contributed by atoms with van der Waals surface area (Å²) < 4.78 is 5.55. The van der Waals surface area contributed by atoms with Gasteiger partial charge in [0.15, 0.2) is 0 Å². The molecule has 1 fully saturated rings. The molecular formula is C16H16N4O8. The molecule has 1 atom stereocenters. The van der Waals surface area contributed by atoms with Gasteiger partial charge in [-0.1, -0.05) is 30.3 Å². The molecule has 1 aliphatic heterocycles. The van der Waals surface area contributed by atoms with E-state index in [2.05, 4.69) is 17.4 Å². The summed E-state index contributed by atoms with van der Waals surface area (Å²) in [4.78, 5) is 27.8. The molecule has 0 aliphatic carbocycles. The van der Waals surface area contributed by atoms with Gasteiger partial charge in [0.2, 0.25) is 0 Å². The van der Waals surface area contributed by atoms with Crippen LogP contribution in [0, 0.1) is 30.3 Å². The molecule has 148 valence electrons. The maximum Gasteiger partial charge on any atom is 0.324 e. The molecule has 3 rings (SSSR count). The van der Waals surface area contributed by atoms with Crippen LogP contribution >= 0.6 is 0 Å². The minimum absolute atomic E-state index is 0.111. The van der Waals surface area contributed by atoms with Gasteiger partial charge >= 0.3 is 11.4 Å². The molecular weight excluding hydrogens is 376 g/mol. The van der Waals surface area contributed by atoms with Crippen molar-refractivity contribution in [2.75, 3.05) is 13.2 Å². The number of hydrogen-bond acceptors (Lipinski definition) is 9. The zero-order valence-corrected chi connectivity index (χ0v) is 14.4. The van der Waals surface area contributed by atoms with E-state index in [9.17, 15) is 30.3 Å². The Morgan fingerprint density at radius 1 is 0.964 bits per heavy atom. The monoisotopic (exact) mass is 392 g/mol. The smallest absolute Gasteiger partial charge is 0.324 e. The molecule has 1 heterocycles. The van der Waals surface area contributed by atoms with E-state index in [0.717, 1.165) is 19.6 Å². The summed E-state index contributed by atoms with van der Waals surface area (Å²) in [6, 6.07) is 11.2. The van der Waals surface area contributed by atoms with E-state index >= 15 is 0 Å². The third-order valence-electron chi connectivity index (χ3n) is 3.70. The van der Waals surface area contributed by atoms with Crippen molar-refractivity contribution < 1.29 is 24.6 Å². The number of benzene rings is 2. The number of nitrogens with zero attached hydrogens (tertiary/aromatic N) is 3. The third kappa shape index (κ3) is 5.18. The number of nitrogens with one attached hydrogen (secondary N) is 1. The van der Waals surface area contributed by atoms with Crippen LogP contribution in [-0.4, -0.2) is 33.0 Å². The van der Waals surface area contributed by atoms with Crippen molar-refractivity contribution >= 4 is 17.1 Å². The van der Waals surface area contributed by atoms with Crippen molar-refractivity contribution in [3.05, 3.63) is 78.4 Å². The van der Waals surface area contributed by atoms with Crippen LogP contribution in [-0.2, 0) is 4.74 Å². The predicted octanol–water partition coefficient (Wildman–Crippen LogP) is 2.81. The standard InChI is InChI=1S/C10H13NO.C6H3N3O7/c1-2-5-9(6-3-1)10-11-7-4-8-12-10;10-6-4(8(13)14)1-3(7(11)12)2-5(6)9(15)16/h1-3,5-6,10-11H,4,7-8H2;1-2,10H. The molecule has 1 aliphatic rings. The Kier molecular flexibility index (Phi) is 6.90. The fraction of sp³-hybridized carbons (Fsp3) is 0.250. The van der Waals surface area contributed by atoms with E-state index in [1.807, 2.05) is 18.2 Å². The molecule has 1 unspecified atom stereocenters. The maximum atomic E-state index is 10.4. The molecule has 0 radical (unpaired) electrons. The topological polar surface area (TPSA) is 171 Å². The number of phenolic OH excluding ortho intramolecular Hbond substituents is 1. The number of nitro benzene ring substituents is 3. The van der Waals surface area contributed by atoms with Crippen molar-refractivity contribution in [2.24, 2.45) is 0 Å². The van der Waals surface area contributed by atoms with Gasteiger partial charge in [0.05, 0.1) is 33.5 Å².